The minimum atomic E-state index is -0.588. The van der Waals surface area contributed by atoms with Crippen LogP contribution < -0.4 is 0 Å². The first kappa shape index (κ1) is 14.1. The number of amides is 1. The molecule has 0 aliphatic carbocycles. The Morgan fingerprint density at radius 1 is 1.38 bits per heavy atom. The van der Waals surface area contributed by atoms with Crippen LogP contribution in [-0.4, -0.2) is 33.5 Å². The van der Waals surface area contributed by atoms with Gasteiger partial charge in [0.2, 0.25) is 0 Å². The van der Waals surface area contributed by atoms with Gasteiger partial charge in [-0.15, -0.1) is 0 Å². The Bertz CT molecular complexity index is 656. The van der Waals surface area contributed by atoms with Crippen molar-refractivity contribution in [2.24, 2.45) is 0 Å². The molecule has 0 spiro atoms. The fourth-order valence-electron chi connectivity index (χ4n) is 2.69. The van der Waals surface area contributed by atoms with E-state index in [-0.39, 0.29) is 24.3 Å². The number of aromatic amines is 1. The second-order valence-corrected chi connectivity index (χ2v) is 5.58. The van der Waals surface area contributed by atoms with Crippen LogP contribution in [0.25, 0.3) is 0 Å². The molecule has 2 atom stereocenters. The molecule has 0 radical (unpaired) electrons. The molecule has 21 heavy (non-hydrogen) atoms. The third kappa shape index (κ3) is 2.80. The predicted molar refractivity (Wildman–Crippen MR) is 76.6 cm³/mol. The van der Waals surface area contributed by atoms with Gasteiger partial charge in [0.15, 0.2) is 0 Å². The number of H-pyrrole nitrogens is 1. The molecule has 1 saturated heterocycles. The molecule has 1 amide bonds. The van der Waals surface area contributed by atoms with Gasteiger partial charge < -0.3 is 15.0 Å². The van der Waals surface area contributed by atoms with Crippen LogP contribution in [0.2, 0.25) is 5.02 Å². The lowest BCUT2D eigenvalue weighted by Gasteiger charge is -2.24. The Hall–Kier alpha value is -1.85. The van der Waals surface area contributed by atoms with Crippen LogP contribution in [0.4, 0.5) is 4.39 Å². The number of carbonyl (C=O) groups is 1. The quantitative estimate of drug-likeness (QED) is 0.896. The van der Waals surface area contributed by atoms with E-state index in [1.807, 2.05) is 0 Å². The molecule has 0 bridgehead atoms. The van der Waals surface area contributed by atoms with Crippen LogP contribution in [0.3, 0.4) is 0 Å². The number of aromatic nitrogens is 1. The first-order valence-electron chi connectivity index (χ1n) is 6.63. The lowest BCUT2D eigenvalue weighted by Crippen LogP contribution is -2.32. The Balaban J connectivity index is 1.88. The van der Waals surface area contributed by atoms with Gasteiger partial charge in [-0.05, 0) is 30.2 Å². The Labute approximate surface area is 126 Å². The highest BCUT2D eigenvalue weighted by molar-refractivity contribution is 6.30. The molecule has 4 nitrogen and oxygen atoms in total. The predicted octanol–water partition coefficient (Wildman–Crippen LogP) is 2.76. The molecule has 1 aliphatic rings. The number of aliphatic hydroxyl groups is 1. The maximum Gasteiger partial charge on any atom is 0.270 e. The number of hydrogen-bond acceptors (Lipinski definition) is 2. The zero-order chi connectivity index (χ0) is 15.0. The van der Waals surface area contributed by atoms with Crippen molar-refractivity contribution in [3.63, 3.8) is 0 Å². The van der Waals surface area contributed by atoms with Crippen molar-refractivity contribution in [1.29, 1.82) is 0 Å². The summed E-state index contributed by atoms with van der Waals surface area (Å²) in [5.74, 6) is -0.556. The molecule has 3 rings (SSSR count). The van der Waals surface area contributed by atoms with E-state index in [1.54, 1.807) is 23.1 Å². The number of likely N-dealkylation sites (tertiary alicyclic amines) is 1. The summed E-state index contributed by atoms with van der Waals surface area (Å²) in [6, 6.07) is 7.27. The topological polar surface area (TPSA) is 56.3 Å². The average molecular weight is 309 g/mol. The number of aliphatic hydroxyl groups excluding tert-OH is 1. The summed E-state index contributed by atoms with van der Waals surface area (Å²) >= 11 is 5.82. The number of halogens is 2. The number of hydrogen-bond donors (Lipinski definition) is 2. The van der Waals surface area contributed by atoms with E-state index < -0.39 is 6.10 Å². The van der Waals surface area contributed by atoms with Crippen molar-refractivity contribution in [1.82, 2.24) is 9.88 Å². The third-order valence-corrected chi connectivity index (χ3v) is 3.89. The van der Waals surface area contributed by atoms with Crippen LogP contribution in [0, 0.1) is 5.82 Å². The monoisotopic (exact) mass is 308 g/mol. The second kappa shape index (κ2) is 5.50. The fraction of sp³-hybridized carbons (Fsp3) is 0.267. The van der Waals surface area contributed by atoms with Gasteiger partial charge in [-0.1, -0.05) is 23.7 Å². The number of nitrogens with zero attached hydrogens (tertiary/aromatic N) is 1. The Kier molecular flexibility index (Phi) is 3.69. The minimum Gasteiger partial charge on any atom is -0.391 e. The van der Waals surface area contributed by atoms with E-state index in [0.29, 0.717) is 17.1 Å². The van der Waals surface area contributed by atoms with Gasteiger partial charge in [0, 0.05) is 12.7 Å². The van der Waals surface area contributed by atoms with E-state index in [4.69, 9.17) is 11.6 Å². The summed E-state index contributed by atoms with van der Waals surface area (Å²) in [7, 11) is 0. The average Bonchev–Trinajstić information content (AvgIpc) is 3.05. The standard InChI is InChI=1S/C15H14ClFN2O2/c16-10-5-13(18-7-10)15(21)19-8-12(20)6-14(19)9-1-3-11(17)4-2-9/h1-5,7,12,14,18,20H,6,8H2/t12-,14-/m0/s1. The van der Waals surface area contributed by atoms with E-state index in [2.05, 4.69) is 4.98 Å². The summed E-state index contributed by atoms with van der Waals surface area (Å²) in [5.41, 5.74) is 1.18. The van der Waals surface area contributed by atoms with Gasteiger partial charge >= 0.3 is 0 Å². The molecular formula is C15H14ClFN2O2. The highest BCUT2D eigenvalue weighted by Crippen LogP contribution is 2.33. The van der Waals surface area contributed by atoms with Gasteiger partial charge in [0.1, 0.15) is 11.5 Å². The smallest absolute Gasteiger partial charge is 0.270 e. The summed E-state index contributed by atoms with van der Waals surface area (Å²) in [5, 5.41) is 10.3. The highest BCUT2D eigenvalue weighted by Gasteiger charge is 2.36. The van der Waals surface area contributed by atoms with Crippen LogP contribution in [0.5, 0.6) is 0 Å². The van der Waals surface area contributed by atoms with Crippen LogP contribution in [0.15, 0.2) is 36.5 Å². The lowest BCUT2D eigenvalue weighted by molar-refractivity contribution is 0.0710. The SMILES string of the molecule is O=C(c1cc(Cl)c[nH]1)N1C[C@@H](O)C[C@H]1c1ccc(F)cc1. The lowest BCUT2D eigenvalue weighted by atomic mass is 10.0. The molecule has 1 aromatic heterocycles. The molecule has 1 aliphatic heterocycles. The zero-order valence-corrected chi connectivity index (χ0v) is 11.8. The normalized spacial score (nSPS) is 21.8. The van der Waals surface area contributed by atoms with Crippen LogP contribution in [-0.2, 0) is 0 Å². The molecule has 0 unspecified atom stereocenters. The van der Waals surface area contributed by atoms with Gasteiger partial charge in [-0.25, -0.2) is 4.39 Å². The minimum absolute atomic E-state index is 0.229. The molecule has 2 N–H and O–H groups in total. The van der Waals surface area contributed by atoms with E-state index in [0.717, 1.165) is 5.56 Å². The van der Waals surface area contributed by atoms with Crippen molar-refractivity contribution < 1.29 is 14.3 Å². The Morgan fingerprint density at radius 2 is 2.10 bits per heavy atom. The number of rotatable bonds is 2. The van der Waals surface area contributed by atoms with Crippen LogP contribution in [0.1, 0.15) is 28.5 Å². The summed E-state index contributed by atoms with van der Waals surface area (Å²) in [6.45, 7) is 0.248. The van der Waals surface area contributed by atoms with Crippen molar-refractivity contribution in [2.75, 3.05) is 6.54 Å². The van der Waals surface area contributed by atoms with E-state index in [1.165, 1.54) is 18.3 Å². The summed E-state index contributed by atoms with van der Waals surface area (Å²) < 4.78 is 13.0. The summed E-state index contributed by atoms with van der Waals surface area (Å²) in [6.07, 6.45) is 1.38. The molecule has 1 aromatic carbocycles. The largest absolute Gasteiger partial charge is 0.391 e. The fourth-order valence-corrected chi connectivity index (χ4v) is 2.85. The van der Waals surface area contributed by atoms with Gasteiger partial charge in [0.05, 0.1) is 17.2 Å². The maximum atomic E-state index is 13.0. The molecule has 2 heterocycles. The molecule has 1 fully saturated rings. The van der Waals surface area contributed by atoms with Crippen LogP contribution >= 0.6 is 11.6 Å². The summed E-state index contributed by atoms with van der Waals surface area (Å²) in [4.78, 5) is 16.9. The molecule has 0 saturated carbocycles. The van der Waals surface area contributed by atoms with E-state index >= 15 is 0 Å². The first-order valence-corrected chi connectivity index (χ1v) is 7.01. The molecule has 110 valence electrons. The highest BCUT2D eigenvalue weighted by atomic mass is 35.5. The van der Waals surface area contributed by atoms with Gasteiger partial charge in [-0.2, -0.15) is 0 Å². The number of β-amino-alcohol motifs (C(OH)–C–C–N with tert-alkyl or cyclic N) is 1. The third-order valence-electron chi connectivity index (χ3n) is 3.67. The second-order valence-electron chi connectivity index (χ2n) is 5.15. The number of carbonyl (C=O) groups excluding carboxylic acids is 1. The molecular weight excluding hydrogens is 295 g/mol. The number of nitrogens with one attached hydrogen (secondary N) is 1. The zero-order valence-electron chi connectivity index (χ0n) is 11.1. The van der Waals surface area contributed by atoms with Crippen molar-refractivity contribution in [2.45, 2.75) is 18.6 Å². The van der Waals surface area contributed by atoms with E-state index in [9.17, 15) is 14.3 Å². The molecule has 6 heteroatoms. The number of benzene rings is 1. The Morgan fingerprint density at radius 3 is 2.71 bits per heavy atom. The van der Waals surface area contributed by atoms with Gasteiger partial charge in [-0.3, -0.25) is 4.79 Å². The maximum absolute atomic E-state index is 13.0. The first-order chi connectivity index (χ1) is 10.0. The van der Waals surface area contributed by atoms with Crippen molar-refractivity contribution >= 4 is 17.5 Å². The van der Waals surface area contributed by atoms with Crippen molar-refractivity contribution in [3.8, 4) is 0 Å². The van der Waals surface area contributed by atoms with Gasteiger partial charge in [0.25, 0.3) is 5.91 Å². The molecule has 2 aromatic rings. The van der Waals surface area contributed by atoms with Crippen molar-refractivity contribution in [3.05, 3.63) is 58.6 Å².